The highest BCUT2D eigenvalue weighted by Gasteiger charge is 2.37. The van der Waals surface area contributed by atoms with Crippen LogP contribution >= 0.6 is 0 Å². The predicted molar refractivity (Wildman–Crippen MR) is 88.9 cm³/mol. The van der Waals surface area contributed by atoms with E-state index in [4.69, 9.17) is 14.3 Å². The molecule has 0 saturated carbocycles. The van der Waals surface area contributed by atoms with E-state index in [0.29, 0.717) is 6.61 Å². The molecule has 0 fully saturated rings. The van der Waals surface area contributed by atoms with E-state index in [-0.39, 0.29) is 12.3 Å². The van der Waals surface area contributed by atoms with Gasteiger partial charge in [-0.05, 0) is 26.3 Å². The molecule has 0 bridgehead atoms. The minimum Gasteiger partial charge on any atom is -0.480 e. The highest BCUT2D eigenvalue weighted by Crippen LogP contribution is 2.17. The van der Waals surface area contributed by atoms with Crippen molar-refractivity contribution in [3.05, 3.63) is 35.9 Å². The topological polar surface area (TPSA) is 106 Å². The lowest BCUT2D eigenvalue weighted by atomic mass is 10.1. The summed E-state index contributed by atoms with van der Waals surface area (Å²) in [5, 5.41) is 15.4. The molecule has 2 atom stereocenters. The van der Waals surface area contributed by atoms with Crippen molar-refractivity contribution in [1.29, 1.82) is 0 Å². The molecule has 0 unspecified atom stereocenters. The van der Waals surface area contributed by atoms with Crippen molar-refractivity contribution in [2.24, 2.45) is 5.16 Å². The normalized spacial score (nSPS) is 17.9. The van der Waals surface area contributed by atoms with E-state index in [0.717, 1.165) is 5.56 Å². The number of aliphatic carboxylic acids is 1. The summed E-state index contributed by atoms with van der Waals surface area (Å²) in [7, 11) is 0. The average Bonchev–Trinajstić information content (AvgIpc) is 2.98. The molecule has 1 aliphatic rings. The molecule has 1 aromatic rings. The number of rotatable bonds is 5. The molecule has 0 aliphatic carbocycles. The molecule has 8 heteroatoms. The van der Waals surface area contributed by atoms with Gasteiger partial charge in [0.25, 0.3) is 0 Å². The fraction of sp³-hybridized carbons (Fsp3) is 0.471. The summed E-state index contributed by atoms with van der Waals surface area (Å²) >= 11 is 0. The van der Waals surface area contributed by atoms with Crippen LogP contribution in [0.4, 0.5) is 4.79 Å². The van der Waals surface area contributed by atoms with Crippen molar-refractivity contribution in [3.63, 3.8) is 0 Å². The first-order valence-electron chi connectivity index (χ1n) is 7.86. The second kappa shape index (κ2) is 7.87. The third-order valence-corrected chi connectivity index (χ3v) is 3.22. The molecule has 1 aromatic carbocycles. The van der Waals surface area contributed by atoms with Crippen LogP contribution in [-0.4, -0.2) is 40.8 Å². The molecule has 1 heterocycles. The Kier molecular flexibility index (Phi) is 5.84. The molecule has 0 aromatic heterocycles. The number of hydrogen-bond acceptors (Lipinski definition) is 6. The zero-order chi connectivity index (χ0) is 18.4. The van der Waals surface area contributed by atoms with Crippen LogP contribution in [0.1, 0.15) is 32.8 Å². The molecular weight excluding hydrogens is 328 g/mol. The van der Waals surface area contributed by atoms with Gasteiger partial charge in [-0.2, -0.15) is 0 Å². The summed E-state index contributed by atoms with van der Waals surface area (Å²) in [5.41, 5.74) is 0.222. The van der Waals surface area contributed by atoms with Gasteiger partial charge in [0.2, 0.25) is 5.90 Å². The fourth-order valence-electron chi connectivity index (χ4n) is 2.13. The molecule has 136 valence electrons. The number of ether oxygens (including phenoxy) is 2. The van der Waals surface area contributed by atoms with Crippen molar-refractivity contribution in [2.75, 3.05) is 0 Å². The number of hydrogen-bond donors (Lipinski definition) is 2. The Morgan fingerprint density at radius 1 is 1.36 bits per heavy atom. The first-order chi connectivity index (χ1) is 11.7. The Labute approximate surface area is 145 Å². The summed E-state index contributed by atoms with van der Waals surface area (Å²) in [6, 6.07) is 8.18. The first kappa shape index (κ1) is 18.6. The average molecular weight is 350 g/mol. The number of carbonyl (C=O) groups is 2. The van der Waals surface area contributed by atoms with E-state index in [1.807, 2.05) is 30.3 Å². The Morgan fingerprint density at radius 2 is 2.04 bits per heavy atom. The van der Waals surface area contributed by atoms with E-state index in [1.54, 1.807) is 20.8 Å². The summed E-state index contributed by atoms with van der Waals surface area (Å²) in [6.45, 7) is 5.36. The van der Waals surface area contributed by atoms with E-state index < -0.39 is 29.8 Å². The van der Waals surface area contributed by atoms with Gasteiger partial charge < -0.3 is 24.7 Å². The molecule has 25 heavy (non-hydrogen) atoms. The lowest BCUT2D eigenvalue weighted by molar-refractivity contribution is -0.143. The SMILES string of the molecule is CC(C)(C)OC(=O)N[C@H](C(=O)O)[C@@H]1CC(OCc2ccccc2)=NO1. The summed E-state index contributed by atoms with van der Waals surface area (Å²) < 4.78 is 10.6. The number of benzene rings is 1. The maximum absolute atomic E-state index is 11.8. The van der Waals surface area contributed by atoms with Crippen LogP contribution in [0.3, 0.4) is 0 Å². The van der Waals surface area contributed by atoms with Crippen LogP contribution in [0.2, 0.25) is 0 Å². The van der Waals surface area contributed by atoms with Crippen LogP contribution in [0, 0.1) is 0 Å². The smallest absolute Gasteiger partial charge is 0.408 e. The summed E-state index contributed by atoms with van der Waals surface area (Å²) in [5.74, 6) is -0.957. The number of nitrogens with zero attached hydrogens (tertiary/aromatic N) is 1. The molecule has 1 aliphatic heterocycles. The molecule has 0 saturated heterocycles. The van der Waals surface area contributed by atoms with Gasteiger partial charge in [-0.25, -0.2) is 9.59 Å². The Balaban J connectivity index is 1.87. The zero-order valence-corrected chi connectivity index (χ0v) is 14.4. The maximum atomic E-state index is 11.8. The van der Waals surface area contributed by atoms with Crippen LogP contribution < -0.4 is 5.32 Å². The van der Waals surface area contributed by atoms with Crippen LogP contribution in [-0.2, 0) is 25.7 Å². The number of oxime groups is 1. The monoisotopic (exact) mass is 350 g/mol. The second-order valence-corrected chi connectivity index (χ2v) is 6.57. The van der Waals surface area contributed by atoms with Crippen molar-refractivity contribution < 1.29 is 29.0 Å². The van der Waals surface area contributed by atoms with Crippen molar-refractivity contribution in [2.45, 2.75) is 51.5 Å². The number of nitrogens with one attached hydrogen (secondary N) is 1. The zero-order valence-electron chi connectivity index (χ0n) is 14.4. The molecule has 0 spiro atoms. The second-order valence-electron chi connectivity index (χ2n) is 6.57. The number of carboxylic acid groups (broad SMARTS) is 1. The third kappa shape index (κ3) is 5.98. The van der Waals surface area contributed by atoms with E-state index >= 15 is 0 Å². The van der Waals surface area contributed by atoms with E-state index in [9.17, 15) is 14.7 Å². The minimum absolute atomic E-state index is 0.138. The highest BCUT2D eigenvalue weighted by atomic mass is 16.7. The quantitative estimate of drug-likeness (QED) is 0.844. The van der Waals surface area contributed by atoms with Gasteiger partial charge >= 0.3 is 12.1 Å². The van der Waals surface area contributed by atoms with Crippen molar-refractivity contribution in [1.82, 2.24) is 5.32 Å². The van der Waals surface area contributed by atoms with Crippen molar-refractivity contribution >= 4 is 18.0 Å². The standard InChI is InChI=1S/C17H22N2O6/c1-17(2,3)24-16(22)18-14(15(20)21)12-9-13(19-25-12)23-10-11-7-5-4-6-8-11/h4-8,12,14H,9-10H2,1-3H3,(H,18,22)(H,20,21)/t12-,14-/m0/s1. The minimum atomic E-state index is -1.29. The van der Waals surface area contributed by atoms with Crippen LogP contribution in [0.5, 0.6) is 0 Å². The van der Waals surface area contributed by atoms with Gasteiger partial charge in [-0.3, -0.25) is 0 Å². The van der Waals surface area contributed by atoms with Crippen molar-refractivity contribution in [3.8, 4) is 0 Å². The highest BCUT2D eigenvalue weighted by molar-refractivity contribution is 5.83. The lowest BCUT2D eigenvalue weighted by Gasteiger charge is -2.23. The largest absolute Gasteiger partial charge is 0.480 e. The van der Waals surface area contributed by atoms with E-state index in [2.05, 4.69) is 10.5 Å². The Morgan fingerprint density at radius 3 is 2.64 bits per heavy atom. The lowest BCUT2D eigenvalue weighted by Crippen LogP contribution is -2.50. The van der Waals surface area contributed by atoms with Gasteiger partial charge in [0.1, 0.15) is 12.2 Å². The Bertz CT molecular complexity index is 638. The van der Waals surface area contributed by atoms with Gasteiger partial charge in [-0.1, -0.05) is 35.5 Å². The van der Waals surface area contributed by atoms with E-state index in [1.165, 1.54) is 0 Å². The third-order valence-electron chi connectivity index (χ3n) is 3.22. The number of carboxylic acids is 1. The summed E-state index contributed by atoms with van der Waals surface area (Å²) in [6.07, 6.45) is -1.56. The van der Waals surface area contributed by atoms with Gasteiger partial charge in [0.05, 0.1) is 6.42 Å². The van der Waals surface area contributed by atoms with Gasteiger partial charge in [-0.15, -0.1) is 0 Å². The summed E-state index contributed by atoms with van der Waals surface area (Å²) in [4.78, 5) is 28.4. The number of carbonyl (C=O) groups excluding carboxylic acids is 1. The Hall–Kier alpha value is -2.77. The molecule has 0 radical (unpaired) electrons. The maximum Gasteiger partial charge on any atom is 0.408 e. The number of alkyl carbamates (subject to hydrolysis) is 1. The molecule has 1 amide bonds. The molecule has 2 rings (SSSR count). The fourth-order valence-corrected chi connectivity index (χ4v) is 2.13. The van der Waals surface area contributed by atoms with Gasteiger partial charge in [0, 0.05) is 0 Å². The molecule has 8 nitrogen and oxygen atoms in total. The first-order valence-corrected chi connectivity index (χ1v) is 7.86. The molecular formula is C17H22N2O6. The molecule has 2 N–H and O–H groups in total. The van der Waals surface area contributed by atoms with Gasteiger partial charge in [0.15, 0.2) is 12.1 Å². The van der Waals surface area contributed by atoms with Crippen LogP contribution in [0.15, 0.2) is 35.5 Å². The predicted octanol–water partition coefficient (Wildman–Crippen LogP) is 2.28. The number of amides is 1. The van der Waals surface area contributed by atoms with Crippen LogP contribution in [0.25, 0.3) is 0 Å².